The van der Waals surface area contributed by atoms with Crippen LogP contribution < -0.4 is 14.4 Å². The number of fused-ring (bicyclic) bond motifs is 3. The average molecular weight is 408 g/mol. The number of methoxy groups -OCH3 is 1. The predicted molar refractivity (Wildman–Crippen MR) is 128 cm³/mol. The Balaban J connectivity index is 1.67. The van der Waals surface area contributed by atoms with Crippen LogP contribution in [0.25, 0.3) is 16.8 Å². The third-order valence-electron chi connectivity index (χ3n) is 6.00. The van der Waals surface area contributed by atoms with Crippen LogP contribution in [0.2, 0.25) is 0 Å². The number of rotatable bonds is 4. The summed E-state index contributed by atoms with van der Waals surface area (Å²) in [6.45, 7) is 0. The highest BCUT2D eigenvalue weighted by atomic mass is 16.5. The molecular formula is C28H25NO2. The Hall–Kier alpha value is -3.72. The Morgan fingerprint density at radius 3 is 2.26 bits per heavy atom. The molecule has 154 valence electrons. The Labute approximate surface area is 183 Å². The molecule has 0 aliphatic carbocycles. The quantitative estimate of drug-likeness (QED) is 0.398. The summed E-state index contributed by atoms with van der Waals surface area (Å²) < 4.78 is 12.2. The number of hydrogen-bond donors (Lipinski definition) is 0. The van der Waals surface area contributed by atoms with E-state index in [2.05, 4.69) is 104 Å². The minimum absolute atomic E-state index is 0.681. The summed E-state index contributed by atoms with van der Waals surface area (Å²) in [5.41, 5.74) is 3.77. The molecule has 0 spiro atoms. The minimum atomic E-state index is -0.681. The zero-order valence-corrected chi connectivity index (χ0v) is 18.0. The molecule has 0 N–H and O–H groups in total. The van der Waals surface area contributed by atoms with Crippen molar-refractivity contribution < 1.29 is 9.47 Å². The van der Waals surface area contributed by atoms with Gasteiger partial charge in [0, 0.05) is 36.5 Å². The van der Waals surface area contributed by atoms with E-state index in [4.69, 9.17) is 9.47 Å². The second kappa shape index (κ2) is 7.51. The summed E-state index contributed by atoms with van der Waals surface area (Å²) in [7, 11) is 5.79. The first-order chi connectivity index (χ1) is 15.1. The lowest BCUT2D eigenvalue weighted by atomic mass is 9.83. The smallest absolute Gasteiger partial charge is 0.178 e. The summed E-state index contributed by atoms with van der Waals surface area (Å²) in [5.74, 6) is 1.73. The van der Waals surface area contributed by atoms with E-state index in [0.29, 0.717) is 0 Å². The van der Waals surface area contributed by atoms with Gasteiger partial charge >= 0.3 is 0 Å². The second-order valence-corrected chi connectivity index (χ2v) is 8.04. The van der Waals surface area contributed by atoms with Gasteiger partial charge in [-0.05, 0) is 59.3 Å². The summed E-state index contributed by atoms with van der Waals surface area (Å²) >= 11 is 0. The van der Waals surface area contributed by atoms with Gasteiger partial charge in [-0.25, -0.2) is 0 Å². The normalized spacial score (nSPS) is 17.1. The van der Waals surface area contributed by atoms with Crippen LogP contribution in [0.3, 0.4) is 0 Å². The van der Waals surface area contributed by atoms with Gasteiger partial charge in [0.1, 0.15) is 11.5 Å². The topological polar surface area (TPSA) is 21.7 Å². The number of benzene rings is 4. The first-order valence-electron chi connectivity index (χ1n) is 10.4. The van der Waals surface area contributed by atoms with Crippen LogP contribution in [-0.4, -0.2) is 21.2 Å². The van der Waals surface area contributed by atoms with Crippen LogP contribution in [0.1, 0.15) is 16.7 Å². The van der Waals surface area contributed by atoms with Gasteiger partial charge in [0.2, 0.25) is 0 Å². The molecule has 1 atom stereocenters. The molecule has 1 heterocycles. The standard InChI is InChI=1S/C28H25NO2/c1-29(2)23-12-10-22(11-13-23)28(21-7-5-4-6-8-21)18-17-26-25-15-14-24(30-3)19-20(25)9-16-27(26)31-28/h4-19H,1-3H3. The monoisotopic (exact) mass is 407 g/mol. The average Bonchev–Trinajstić information content (AvgIpc) is 2.83. The Morgan fingerprint density at radius 1 is 0.806 bits per heavy atom. The van der Waals surface area contributed by atoms with Gasteiger partial charge in [-0.2, -0.15) is 0 Å². The largest absolute Gasteiger partial charge is 0.497 e. The number of hydrogen-bond acceptors (Lipinski definition) is 3. The Bertz CT molecular complexity index is 1260. The van der Waals surface area contributed by atoms with Crippen molar-refractivity contribution in [2.75, 3.05) is 26.1 Å². The van der Waals surface area contributed by atoms with Crippen LogP contribution >= 0.6 is 0 Å². The molecule has 0 bridgehead atoms. The van der Waals surface area contributed by atoms with Crippen molar-refractivity contribution in [3.05, 3.63) is 108 Å². The molecule has 1 aliphatic rings. The maximum Gasteiger partial charge on any atom is 0.178 e. The van der Waals surface area contributed by atoms with Crippen LogP contribution in [0.4, 0.5) is 5.69 Å². The lowest BCUT2D eigenvalue weighted by molar-refractivity contribution is 0.161. The molecule has 0 radical (unpaired) electrons. The van der Waals surface area contributed by atoms with Gasteiger partial charge in [0.25, 0.3) is 0 Å². The molecule has 0 saturated heterocycles. The summed E-state index contributed by atoms with van der Waals surface area (Å²) in [4.78, 5) is 2.10. The zero-order chi connectivity index (χ0) is 21.4. The molecule has 3 heteroatoms. The molecule has 0 aromatic heterocycles. The van der Waals surface area contributed by atoms with E-state index in [1.54, 1.807) is 7.11 Å². The van der Waals surface area contributed by atoms with E-state index < -0.39 is 5.60 Å². The van der Waals surface area contributed by atoms with Gasteiger partial charge in [-0.3, -0.25) is 0 Å². The van der Waals surface area contributed by atoms with E-state index in [-0.39, 0.29) is 0 Å². The van der Waals surface area contributed by atoms with Crippen LogP contribution in [0.5, 0.6) is 11.5 Å². The van der Waals surface area contributed by atoms with Crippen molar-refractivity contribution in [2.45, 2.75) is 5.60 Å². The van der Waals surface area contributed by atoms with Crippen LogP contribution in [0.15, 0.2) is 91.0 Å². The fourth-order valence-electron chi connectivity index (χ4n) is 4.28. The van der Waals surface area contributed by atoms with Crippen LogP contribution in [0, 0.1) is 0 Å². The highest BCUT2D eigenvalue weighted by Gasteiger charge is 2.37. The van der Waals surface area contributed by atoms with E-state index in [1.807, 2.05) is 12.1 Å². The van der Waals surface area contributed by atoms with Gasteiger partial charge in [0.15, 0.2) is 5.60 Å². The van der Waals surface area contributed by atoms with Gasteiger partial charge in [0.05, 0.1) is 7.11 Å². The highest BCUT2D eigenvalue weighted by molar-refractivity contribution is 5.94. The Kier molecular flexibility index (Phi) is 4.67. The Morgan fingerprint density at radius 2 is 1.55 bits per heavy atom. The lowest BCUT2D eigenvalue weighted by Crippen LogP contribution is -2.34. The first kappa shape index (κ1) is 19.3. The molecule has 5 rings (SSSR count). The van der Waals surface area contributed by atoms with Gasteiger partial charge in [-0.15, -0.1) is 0 Å². The van der Waals surface area contributed by atoms with E-state index in [0.717, 1.165) is 44.6 Å². The van der Waals surface area contributed by atoms with Crippen molar-refractivity contribution in [2.24, 2.45) is 0 Å². The molecule has 31 heavy (non-hydrogen) atoms. The minimum Gasteiger partial charge on any atom is -0.497 e. The third-order valence-corrected chi connectivity index (χ3v) is 6.00. The summed E-state index contributed by atoms with van der Waals surface area (Å²) in [6.07, 6.45) is 4.37. The summed E-state index contributed by atoms with van der Waals surface area (Å²) in [6, 6.07) is 29.3. The van der Waals surface area contributed by atoms with Crippen molar-refractivity contribution in [1.29, 1.82) is 0 Å². The molecule has 0 saturated carbocycles. The highest BCUT2D eigenvalue weighted by Crippen LogP contribution is 2.44. The molecule has 4 aromatic rings. The van der Waals surface area contributed by atoms with E-state index >= 15 is 0 Å². The van der Waals surface area contributed by atoms with Crippen molar-refractivity contribution in [1.82, 2.24) is 0 Å². The molecule has 1 aliphatic heterocycles. The third kappa shape index (κ3) is 3.23. The molecular weight excluding hydrogens is 382 g/mol. The lowest BCUT2D eigenvalue weighted by Gasteiger charge is -2.36. The summed E-state index contributed by atoms with van der Waals surface area (Å²) in [5, 5.41) is 2.29. The van der Waals surface area contributed by atoms with E-state index in [1.165, 1.54) is 0 Å². The van der Waals surface area contributed by atoms with Crippen molar-refractivity contribution >= 4 is 22.5 Å². The predicted octanol–water partition coefficient (Wildman–Crippen LogP) is 6.26. The maximum atomic E-state index is 6.83. The maximum absolute atomic E-state index is 6.83. The SMILES string of the molecule is COc1ccc2c3c(ccc2c1)OC(c1ccccc1)(c1ccc(N(C)C)cc1)C=C3. The van der Waals surface area contributed by atoms with Crippen molar-refractivity contribution in [3.63, 3.8) is 0 Å². The van der Waals surface area contributed by atoms with Gasteiger partial charge < -0.3 is 14.4 Å². The molecule has 0 fully saturated rings. The number of nitrogens with zero attached hydrogens (tertiary/aromatic N) is 1. The zero-order valence-electron chi connectivity index (χ0n) is 18.0. The number of anilines is 1. The molecule has 1 unspecified atom stereocenters. The fraction of sp³-hybridized carbons (Fsp3) is 0.143. The van der Waals surface area contributed by atoms with Crippen molar-refractivity contribution in [3.8, 4) is 11.5 Å². The van der Waals surface area contributed by atoms with E-state index in [9.17, 15) is 0 Å². The molecule has 4 aromatic carbocycles. The van der Waals surface area contributed by atoms with Crippen LogP contribution in [-0.2, 0) is 5.60 Å². The second-order valence-electron chi connectivity index (χ2n) is 8.04. The molecule has 0 amide bonds. The first-order valence-corrected chi connectivity index (χ1v) is 10.4. The molecule has 3 nitrogen and oxygen atoms in total. The van der Waals surface area contributed by atoms with Gasteiger partial charge in [-0.1, -0.05) is 48.5 Å². The fourth-order valence-corrected chi connectivity index (χ4v) is 4.28. The number of ether oxygens (including phenoxy) is 2.